The van der Waals surface area contributed by atoms with Gasteiger partial charge in [0.05, 0.1) is 37.3 Å². The topological polar surface area (TPSA) is 74.8 Å². The molecular formula is C22H20BrN5O2. The third-order valence-electron chi connectivity index (χ3n) is 5.30. The van der Waals surface area contributed by atoms with Gasteiger partial charge in [-0.25, -0.2) is 9.67 Å². The Labute approximate surface area is 181 Å². The minimum Gasteiger partial charge on any atom is -0.497 e. The van der Waals surface area contributed by atoms with Crippen LogP contribution in [0.25, 0.3) is 10.9 Å². The molecule has 152 valence electrons. The van der Waals surface area contributed by atoms with Gasteiger partial charge in [0.15, 0.2) is 0 Å². The van der Waals surface area contributed by atoms with Crippen LogP contribution in [0.5, 0.6) is 5.75 Å². The van der Waals surface area contributed by atoms with Crippen LogP contribution in [0.2, 0.25) is 0 Å². The van der Waals surface area contributed by atoms with Crippen molar-refractivity contribution in [2.24, 2.45) is 0 Å². The van der Waals surface area contributed by atoms with E-state index < -0.39 is 0 Å². The normalized spacial score (nSPS) is 13.7. The molecule has 0 N–H and O–H groups in total. The maximum atomic E-state index is 13.2. The third kappa shape index (κ3) is 3.75. The summed E-state index contributed by atoms with van der Waals surface area (Å²) in [5, 5.41) is 9.14. The van der Waals surface area contributed by atoms with Gasteiger partial charge in [-0.05, 0) is 48.7 Å². The van der Waals surface area contributed by atoms with Crippen molar-refractivity contribution in [2.75, 3.05) is 7.11 Å². The molecule has 2 aromatic heterocycles. The number of halogens is 1. The lowest BCUT2D eigenvalue weighted by Gasteiger charge is -2.12. The number of methoxy groups -OCH3 is 1. The molecule has 30 heavy (non-hydrogen) atoms. The monoisotopic (exact) mass is 465 g/mol. The van der Waals surface area contributed by atoms with E-state index in [9.17, 15) is 4.79 Å². The number of hydrogen-bond acceptors (Lipinski definition) is 5. The van der Waals surface area contributed by atoms with E-state index in [4.69, 9.17) is 9.72 Å². The van der Waals surface area contributed by atoms with E-state index in [0.29, 0.717) is 24.4 Å². The predicted molar refractivity (Wildman–Crippen MR) is 117 cm³/mol. The number of rotatable bonds is 6. The van der Waals surface area contributed by atoms with Crippen LogP contribution in [0, 0.1) is 0 Å². The molecule has 0 bridgehead atoms. The van der Waals surface area contributed by atoms with Crippen LogP contribution in [-0.2, 0) is 13.1 Å². The minimum absolute atomic E-state index is 0.0343. The highest BCUT2D eigenvalue weighted by atomic mass is 79.9. The molecule has 0 radical (unpaired) electrons. The van der Waals surface area contributed by atoms with Crippen LogP contribution < -0.4 is 10.3 Å². The smallest absolute Gasteiger partial charge is 0.261 e. The zero-order valence-electron chi connectivity index (χ0n) is 16.5. The number of nitrogens with zero attached hydrogens (tertiary/aromatic N) is 5. The van der Waals surface area contributed by atoms with Gasteiger partial charge in [0.25, 0.3) is 5.56 Å². The van der Waals surface area contributed by atoms with Gasteiger partial charge >= 0.3 is 0 Å². The molecule has 7 nitrogen and oxygen atoms in total. The molecule has 1 fully saturated rings. The number of hydrogen-bond donors (Lipinski definition) is 0. The van der Waals surface area contributed by atoms with Crippen LogP contribution in [-0.4, -0.2) is 31.7 Å². The van der Waals surface area contributed by atoms with Crippen LogP contribution >= 0.6 is 15.9 Å². The largest absolute Gasteiger partial charge is 0.497 e. The van der Waals surface area contributed by atoms with Gasteiger partial charge in [0, 0.05) is 10.4 Å². The molecule has 1 aliphatic rings. The Morgan fingerprint density at radius 2 is 1.93 bits per heavy atom. The second kappa shape index (κ2) is 7.68. The van der Waals surface area contributed by atoms with Gasteiger partial charge in [0.2, 0.25) is 0 Å². The molecule has 1 aliphatic carbocycles. The van der Waals surface area contributed by atoms with Gasteiger partial charge in [-0.2, -0.15) is 0 Å². The Morgan fingerprint density at radius 1 is 1.13 bits per heavy atom. The first kappa shape index (κ1) is 19.0. The Hall–Kier alpha value is -3.00. The SMILES string of the molecule is COc1ccc(Cn2cc(Cn3c(C4CC4)nc4ccc(Br)cc4c3=O)nn2)cc1. The fourth-order valence-corrected chi connectivity index (χ4v) is 3.95. The fourth-order valence-electron chi connectivity index (χ4n) is 3.58. The molecule has 2 heterocycles. The summed E-state index contributed by atoms with van der Waals surface area (Å²) in [5.41, 5.74) is 2.54. The molecule has 8 heteroatoms. The third-order valence-corrected chi connectivity index (χ3v) is 5.79. The van der Waals surface area contributed by atoms with Gasteiger partial charge in [-0.1, -0.05) is 33.3 Å². The van der Waals surface area contributed by atoms with Gasteiger partial charge in [0.1, 0.15) is 17.3 Å². The van der Waals surface area contributed by atoms with Crippen molar-refractivity contribution in [1.29, 1.82) is 0 Å². The first-order chi connectivity index (χ1) is 14.6. The van der Waals surface area contributed by atoms with Crippen molar-refractivity contribution in [3.63, 3.8) is 0 Å². The average molecular weight is 466 g/mol. The lowest BCUT2D eigenvalue weighted by atomic mass is 10.2. The predicted octanol–water partition coefficient (Wildman–Crippen LogP) is 3.73. The molecule has 2 aromatic carbocycles. The first-order valence-corrected chi connectivity index (χ1v) is 10.6. The zero-order chi connectivity index (χ0) is 20.7. The average Bonchev–Trinajstić information content (AvgIpc) is 3.51. The lowest BCUT2D eigenvalue weighted by molar-refractivity contribution is 0.414. The highest BCUT2D eigenvalue weighted by Crippen LogP contribution is 2.39. The Bertz CT molecular complexity index is 1280. The first-order valence-electron chi connectivity index (χ1n) is 9.82. The van der Waals surface area contributed by atoms with Crippen molar-refractivity contribution in [3.05, 3.63) is 80.6 Å². The van der Waals surface area contributed by atoms with E-state index in [0.717, 1.165) is 45.7 Å². The maximum absolute atomic E-state index is 13.2. The lowest BCUT2D eigenvalue weighted by Crippen LogP contribution is -2.26. The molecule has 0 atom stereocenters. The summed E-state index contributed by atoms with van der Waals surface area (Å²) in [6.45, 7) is 0.965. The Morgan fingerprint density at radius 3 is 2.67 bits per heavy atom. The summed E-state index contributed by atoms with van der Waals surface area (Å²) in [5.74, 6) is 2.01. The summed E-state index contributed by atoms with van der Waals surface area (Å²) < 4.78 is 9.60. The van der Waals surface area contributed by atoms with E-state index in [1.807, 2.05) is 48.7 Å². The van der Waals surface area contributed by atoms with Crippen molar-refractivity contribution >= 4 is 26.8 Å². The van der Waals surface area contributed by atoms with Crippen molar-refractivity contribution < 1.29 is 4.74 Å². The van der Waals surface area contributed by atoms with E-state index in [-0.39, 0.29) is 5.56 Å². The molecular weight excluding hydrogens is 446 g/mol. The molecule has 4 aromatic rings. The van der Waals surface area contributed by atoms with Crippen LogP contribution in [0.1, 0.15) is 35.8 Å². The zero-order valence-corrected chi connectivity index (χ0v) is 18.0. The molecule has 0 spiro atoms. The van der Waals surface area contributed by atoms with Crippen molar-refractivity contribution in [1.82, 2.24) is 24.5 Å². The van der Waals surface area contributed by atoms with Crippen molar-refractivity contribution in [3.8, 4) is 5.75 Å². The molecule has 0 unspecified atom stereocenters. The summed E-state index contributed by atoms with van der Waals surface area (Å²) in [6.07, 6.45) is 4.02. The summed E-state index contributed by atoms with van der Waals surface area (Å²) >= 11 is 3.45. The molecule has 5 rings (SSSR count). The summed E-state index contributed by atoms with van der Waals surface area (Å²) in [6, 6.07) is 13.5. The minimum atomic E-state index is -0.0343. The quantitative estimate of drug-likeness (QED) is 0.433. The summed E-state index contributed by atoms with van der Waals surface area (Å²) in [7, 11) is 1.65. The van der Waals surface area contributed by atoms with Gasteiger partial charge in [-0.3, -0.25) is 9.36 Å². The molecule has 0 saturated heterocycles. The number of aromatic nitrogens is 5. The number of ether oxygens (including phenoxy) is 1. The Balaban J connectivity index is 1.45. The standard InChI is InChI=1S/C22H20BrN5O2/c1-30-18-7-2-14(3-8-18)11-27-12-17(25-26-27)13-28-21(15-4-5-15)24-20-9-6-16(23)10-19(20)22(28)29/h2-3,6-10,12,15H,4-5,11,13H2,1H3. The van der Waals surface area contributed by atoms with E-state index in [1.54, 1.807) is 16.4 Å². The highest BCUT2D eigenvalue weighted by molar-refractivity contribution is 9.10. The van der Waals surface area contributed by atoms with Gasteiger partial charge in [-0.15, -0.1) is 5.10 Å². The van der Waals surface area contributed by atoms with Crippen LogP contribution in [0.3, 0.4) is 0 Å². The fraction of sp³-hybridized carbons (Fsp3) is 0.273. The maximum Gasteiger partial charge on any atom is 0.261 e. The van der Waals surface area contributed by atoms with Crippen LogP contribution in [0.15, 0.2) is 57.9 Å². The van der Waals surface area contributed by atoms with Crippen molar-refractivity contribution in [2.45, 2.75) is 31.8 Å². The van der Waals surface area contributed by atoms with E-state index in [2.05, 4.69) is 26.2 Å². The highest BCUT2D eigenvalue weighted by Gasteiger charge is 2.29. The second-order valence-electron chi connectivity index (χ2n) is 7.55. The molecule has 1 saturated carbocycles. The second-order valence-corrected chi connectivity index (χ2v) is 8.47. The summed E-state index contributed by atoms with van der Waals surface area (Å²) in [4.78, 5) is 18.0. The molecule has 0 aliphatic heterocycles. The van der Waals surface area contributed by atoms with E-state index >= 15 is 0 Å². The van der Waals surface area contributed by atoms with Crippen LogP contribution in [0.4, 0.5) is 0 Å². The number of benzene rings is 2. The molecule has 0 amide bonds. The van der Waals surface area contributed by atoms with Gasteiger partial charge < -0.3 is 4.74 Å². The van der Waals surface area contributed by atoms with E-state index in [1.165, 1.54) is 0 Å². The number of fused-ring (bicyclic) bond motifs is 1. The Kier molecular flexibility index (Phi) is 4.86.